The third-order valence-corrected chi connectivity index (χ3v) is 3.27. The molecule has 0 radical (unpaired) electrons. The molecular weight excluding hydrogens is 410 g/mol. The van der Waals surface area contributed by atoms with E-state index in [2.05, 4.69) is 20.8 Å². The van der Waals surface area contributed by atoms with Gasteiger partial charge in [-0.2, -0.15) is 10.8 Å². The minimum absolute atomic E-state index is 0.139. The molecule has 0 spiro atoms. The largest absolute Gasteiger partial charge is 0.592 e. The first-order valence-electron chi connectivity index (χ1n) is 8.37. The van der Waals surface area contributed by atoms with Crippen molar-refractivity contribution in [3.8, 4) is 0 Å². The molecule has 31 heavy (non-hydrogen) atoms. The molecule has 0 atom stereocenters. The summed E-state index contributed by atoms with van der Waals surface area (Å²) in [4.78, 5) is 14.4. The van der Waals surface area contributed by atoms with Crippen molar-refractivity contribution >= 4 is 17.1 Å². The molecule has 3 aromatic rings. The fourth-order valence-corrected chi connectivity index (χ4v) is 1.90. The molecule has 0 unspecified atom stereocenters. The molecule has 13 heteroatoms. The molecule has 13 nitrogen and oxygen atoms in total. The van der Waals surface area contributed by atoms with Crippen molar-refractivity contribution in [2.75, 3.05) is 5.17 Å². The Morgan fingerprint density at radius 2 is 1.10 bits per heavy atom. The van der Waals surface area contributed by atoms with E-state index in [0.29, 0.717) is 22.2 Å². The Balaban J connectivity index is 0.000000233. The SMILES string of the molecule is NON(N=O)c1ccccc1.[O-][N+](=NO)c1ccccc1.[O-][N+](=NO)c1ccccc1. The molecule has 0 aliphatic rings. The maximum absolute atomic E-state index is 10.5. The highest BCUT2D eigenvalue weighted by Crippen LogP contribution is 2.12. The normalized spacial score (nSPS) is 10.6. The van der Waals surface area contributed by atoms with Crippen molar-refractivity contribution in [1.82, 2.24) is 0 Å². The van der Waals surface area contributed by atoms with Crippen molar-refractivity contribution in [3.05, 3.63) is 106 Å². The molecule has 0 bridgehead atoms. The quantitative estimate of drug-likeness (QED) is 0.231. The van der Waals surface area contributed by atoms with E-state index < -0.39 is 0 Å². The first-order valence-corrected chi connectivity index (χ1v) is 8.37. The van der Waals surface area contributed by atoms with Gasteiger partial charge in [-0.05, 0) is 21.9 Å². The standard InChI is InChI=1S/C6H7N3O2.2C6H6N2O2/c7-11-9(8-10)6-4-2-1-3-5-6;2*9-7-8(10)6-4-2-1-3-5-6/h1-5H,7H2;2*1-5,9H. The summed E-state index contributed by atoms with van der Waals surface area (Å²) in [6, 6.07) is 25.1. The molecule has 0 aromatic heterocycles. The number of nitrogens with zero attached hydrogens (tertiary/aromatic N) is 6. The van der Waals surface area contributed by atoms with Crippen LogP contribution in [0.5, 0.6) is 0 Å². The monoisotopic (exact) mass is 429 g/mol. The third-order valence-electron chi connectivity index (χ3n) is 3.27. The van der Waals surface area contributed by atoms with Crippen LogP contribution in [0.2, 0.25) is 0 Å². The van der Waals surface area contributed by atoms with Crippen molar-refractivity contribution in [1.29, 1.82) is 0 Å². The van der Waals surface area contributed by atoms with Crippen LogP contribution in [-0.2, 0) is 4.94 Å². The summed E-state index contributed by atoms with van der Waals surface area (Å²) in [5.41, 5.74) is 1.11. The topological polar surface area (TPSA) is 185 Å². The van der Waals surface area contributed by atoms with Gasteiger partial charge in [-0.15, -0.1) is 4.91 Å². The minimum atomic E-state index is 0.139. The Labute approximate surface area is 176 Å². The van der Waals surface area contributed by atoms with E-state index in [4.69, 9.17) is 16.3 Å². The van der Waals surface area contributed by atoms with E-state index in [1.54, 1.807) is 84.9 Å². The number of anilines is 1. The summed E-state index contributed by atoms with van der Waals surface area (Å²) >= 11 is 0. The Hall–Kier alpha value is -4.62. The molecule has 3 rings (SSSR count). The summed E-state index contributed by atoms with van der Waals surface area (Å²) in [5, 5.41) is 45.1. The maximum atomic E-state index is 10.5. The van der Waals surface area contributed by atoms with E-state index in [0.717, 1.165) is 0 Å². The van der Waals surface area contributed by atoms with Crippen LogP contribution < -0.4 is 11.1 Å². The van der Waals surface area contributed by atoms with Gasteiger partial charge in [0.1, 0.15) is 0 Å². The predicted molar refractivity (Wildman–Crippen MR) is 108 cm³/mol. The van der Waals surface area contributed by atoms with Gasteiger partial charge < -0.3 is 20.8 Å². The van der Waals surface area contributed by atoms with Crippen LogP contribution >= 0.6 is 0 Å². The van der Waals surface area contributed by atoms with E-state index >= 15 is 0 Å². The molecule has 0 saturated heterocycles. The van der Waals surface area contributed by atoms with Gasteiger partial charge in [-0.3, -0.25) is 0 Å². The van der Waals surface area contributed by atoms with Gasteiger partial charge in [0, 0.05) is 24.3 Å². The first-order chi connectivity index (χ1) is 15.1. The molecule has 0 fully saturated rings. The van der Waals surface area contributed by atoms with Crippen LogP contribution in [0.25, 0.3) is 0 Å². The van der Waals surface area contributed by atoms with Crippen LogP contribution in [0.1, 0.15) is 0 Å². The number of nitrogens with two attached hydrogens (primary N) is 1. The van der Waals surface area contributed by atoms with Crippen molar-refractivity contribution in [2.24, 2.45) is 21.7 Å². The molecule has 3 aromatic carbocycles. The summed E-state index contributed by atoms with van der Waals surface area (Å²) in [6.45, 7) is 0. The van der Waals surface area contributed by atoms with Crippen molar-refractivity contribution in [3.63, 3.8) is 0 Å². The lowest BCUT2D eigenvalue weighted by Crippen LogP contribution is -2.20. The Morgan fingerprint density at radius 3 is 1.39 bits per heavy atom. The maximum Gasteiger partial charge on any atom is 0.248 e. The predicted octanol–water partition coefficient (Wildman–Crippen LogP) is 4.32. The van der Waals surface area contributed by atoms with Crippen molar-refractivity contribution in [2.45, 2.75) is 0 Å². The van der Waals surface area contributed by atoms with Crippen molar-refractivity contribution < 1.29 is 25.1 Å². The van der Waals surface area contributed by atoms with Gasteiger partial charge in [-0.25, -0.2) is 0 Å². The first kappa shape index (κ1) is 24.4. The van der Waals surface area contributed by atoms with Crippen LogP contribution in [0.4, 0.5) is 17.1 Å². The molecule has 0 aliphatic carbocycles. The lowest BCUT2D eigenvalue weighted by Gasteiger charge is -2.08. The lowest BCUT2D eigenvalue weighted by atomic mass is 10.3. The highest BCUT2D eigenvalue weighted by Gasteiger charge is 2.02. The number of nitroso groups, excluding NO2 is 1. The van der Waals surface area contributed by atoms with Crippen LogP contribution in [0.3, 0.4) is 0 Å². The molecule has 4 N–H and O–H groups in total. The fourth-order valence-electron chi connectivity index (χ4n) is 1.90. The van der Waals surface area contributed by atoms with Crippen LogP contribution in [0, 0.1) is 15.3 Å². The molecule has 0 saturated carbocycles. The van der Waals surface area contributed by atoms with E-state index in [1.165, 1.54) is 0 Å². The van der Waals surface area contributed by atoms with Crippen LogP contribution in [-0.4, -0.2) is 20.1 Å². The summed E-state index contributed by atoms with van der Waals surface area (Å²) in [5.74, 6) is 4.75. The van der Waals surface area contributed by atoms with Gasteiger partial charge in [0.2, 0.25) is 21.9 Å². The smallest absolute Gasteiger partial charge is 0.248 e. The zero-order chi connectivity index (χ0) is 22.9. The molecule has 162 valence electrons. The van der Waals surface area contributed by atoms with Gasteiger partial charge in [0.25, 0.3) is 0 Å². The second kappa shape index (κ2) is 14.4. The zero-order valence-corrected chi connectivity index (χ0v) is 15.9. The van der Waals surface area contributed by atoms with Gasteiger partial charge >= 0.3 is 0 Å². The highest BCUT2D eigenvalue weighted by molar-refractivity contribution is 5.42. The zero-order valence-electron chi connectivity index (χ0n) is 15.9. The number of hydrogen-bond donors (Lipinski definition) is 3. The van der Waals surface area contributed by atoms with E-state index in [9.17, 15) is 15.3 Å². The van der Waals surface area contributed by atoms with Gasteiger partial charge in [-0.1, -0.05) is 59.8 Å². The molecular formula is C18H19N7O6. The second-order valence-electron chi connectivity index (χ2n) is 5.19. The Bertz CT molecular complexity index is 890. The number of benzene rings is 3. The summed E-state index contributed by atoms with van der Waals surface area (Å²) in [7, 11) is 0. The molecule has 0 heterocycles. The summed E-state index contributed by atoms with van der Waals surface area (Å²) in [6.07, 6.45) is 0. The summed E-state index contributed by atoms with van der Waals surface area (Å²) < 4.78 is 0. The van der Waals surface area contributed by atoms with Crippen LogP contribution in [0.15, 0.2) is 107 Å². The highest BCUT2D eigenvalue weighted by atomic mass is 16.8. The average Bonchev–Trinajstić information content (AvgIpc) is 2.86. The third kappa shape index (κ3) is 8.95. The van der Waals surface area contributed by atoms with E-state index in [1.807, 2.05) is 6.07 Å². The number of hydrogen-bond acceptors (Lipinski definition) is 8. The lowest BCUT2D eigenvalue weighted by molar-refractivity contribution is -0.474. The van der Waals surface area contributed by atoms with Gasteiger partial charge in [0.05, 0.1) is 11.0 Å². The molecule has 0 amide bonds. The second-order valence-corrected chi connectivity index (χ2v) is 5.19. The van der Waals surface area contributed by atoms with Gasteiger partial charge in [0.15, 0.2) is 0 Å². The number of rotatable bonds is 5. The minimum Gasteiger partial charge on any atom is -0.592 e. The average molecular weight is 429 g/mol. The fraction of sp³-hybridized carbons (Fsp3) is 0. The Morgan fingerprint density at radius 1 is 0.742 bits per heavy atom. The number of para-hydroxylation sites is 3. The Kier molecular flexibility index (Phi) is 11.3. The molecule has 0 aliphatic heterocycles. The van der Waals surface area contributed by atoms with E-state index in [-0.39, 0.29) is 9.72 Å².